The number of nitrogens with one attached hydrogen (secondary N) is 1. The number of anilines is 1. The zero-order valence-electron chi connectivity index (χ0n) is 20.2. The van der Waals surface area contributed by atoms with Crippen LogP contribution in [-0.4, -0.2) is 41.5 Å². The average molecular weight is 489 g/mol. The second kappa shape index (κ2) is 10.8. The summed E-state index contributed by atoms with van der Waals surface area (Å²) in [7, 11) is 1.66. The summed E-state index contributed by atoms with van der Waals surface area (Å²) in [6, 6.07) is 21.9. The van der Waals surface area contributed by atoms with Gasteiger partial charge in [-0.3, -0.25) is 19.6 Å². The van der Waals surface area contributed by atoms with Gasteiger partial charge in [0.05, 0.1) is 5.69 Å². The van der Waals surface area contributed by atoms with Crippen molar-refractivity contribution >= 4 is 17.5 Å². The van der Waals surface area contributed by atoms with Gasteiger partial charge in [0, 0.05) is 36.8 Å². The number of amides is 2. The fourth-order valence-electron chi connectivity index (χ4n) is 4.03. The van der Waals surface area contributed by atoms with Gasteiger partial charge in [-0.1, -0.05) is 42.2 Å². The van der Waals surface area contributed by atoms with Gasteiger partial charge in [-0.05, 0) is 60.0 Å². The lowest BCUT2D eigenvalue weighted by atomic mass is 10.1. The van der Waals surface area contributed by atoms with Crippen molar-refractivity contribution in [1.29, 1.82) is 0 Å². The standard InChI is InChI=1S/C30H24N4O3/c1-34-27-18-22(9-10-23-8-5-14-31-19-23)11-12-28(27)37-20-26(30(34)36)33-29(35)25-17-24(13-15-32-25)16-21-6-3-2-4-7-21/h2-8,11-15,17-19,26H,16,20H2,1H3,(H,33,35)/t26-/m0/s1. The maximum atomic E-state index is 13.2. The van der Waals surface area contributed by atoms with Crippen molar-refractivity contribution in [1.82, 2.24) is 15.3 Å². The smallest absolute Gasteiger partial charge is 0.270 e. The van der Waals surface area contributed by atoms with E-state index in [1.165, 1.54) is 4.90 Å². The minimum atomic E-state index is -0.866. The van der Waals surface area contributed by atoms with E-state index in [0.29, 0.717) is 17.9 Å². The van der Waals surface area contributed by atoms with Gasteiger partial charge in [-0.25, -0.2) is 0 Å². The summed E-state index contributed by atoms with van der Waals surface area (Å²) < 4.78 is 5.90. The summed E-state index contributed by atoms with van der Waals surface area (Å²) >= 11 is 0. The number of ether oxygens (including phenoxy) is 1. The van der Waals surface area contributed by atoms with Crippen molar-refractivity contribution in [2.24, 2.45) is 0 Å². The fraction of sp³-hybridized carbons (Fsp3) is 0.133. The van der Waals surface area contributed by atoms with E-state index in [4.69, 9.17) is 4.74 Å². The number of nitrogens with zero attached hydrogens (tertiary/aromatic N) is 3. The molecule has 2 amide bonds. The zero-order valence-corrected chi connectivity index (χ0v) is 20.2. The van der Waals surface area contributed by atoms with Crippen LogP contribution in [0.3, 0.4) is 0 Å². The molecule has 4 aromatic rings. The van der Waals surface area contributed by atoms with Crippen molar-refractivity contribution in [3.8, 4) is 17.6 Å². The van der Waals surface area contributed by atoms with Gasteiger partial charge in [0.15, 0.2) is 0 Å². The van der Waals surface area contributed by atoms with E-state index in [1.54, 1.807) is 43.8 Å². The van der Waals surface area contributed by atoms with Gasteiger partial charge in [0.1, 0.15) is 24.1 Å². The Morgan fingerprint density at radius 2 is 1.84 bits per heavy atom. The van der Waals surface area contributed by atoms with Crippen LogP contribution in [0.4, 0.5) is 5.69 Å². The minimum absolute atomic E-state index is 0.00628. The normalized spacial score (nSPS) is 14.5. The molecule has 1 aliphatic heterocycles. The summed E-state index contributed by atoms with van der Waals surface area (Å²) in [5, 5.41) is 2.79. The molecule has 0 aliphatic carbocycles. The van der Waals surface area contributed by atoms with E-state index >= 15 is 0 Å². The van der Waals surface area contributed by atoms with Gasteiger partial charge in [0.2, 0.25) is 0 Å². The highest BCUT2D eigenvalue weighted by Crippen LogP contribution is 2.31. The number of carbonyl (C=O) groups excluding carboxylic acids is 2. The third kappa shape index (κ3) is 5.65. The number of carbonyl (C=O) groups is 2. The van der Waals surface area contributed by atoms with E-state index in [0.717, 1.165) is 22.3 Å². The van der Waals surface area contributed by atoms with Gasteiger partial charge in [0.25, 0.3) is 11.8 Å². The zero-order chi connectivity index (χ0) is 25.6. The van der Waals surface area contributed by atoms with Crippen molar-refractivity contribution in [2.75, 3.05) is 18.6 Å². The number of likely N-dealkylation sites (N-methyl/N-ethyl adjacent to an activating group) is 1. The van der Waals surface area contributed by atoms with Crippen molar-refractivity contribution in [3.05, 3.63) is 119 Å². The Bertz CT molecular complexity index is 1490. The number of pyridine rings is 2. The van der Waals surface area contributed by atoms with Crippen molar-refractivity contribution in [2.45, 2.75) is 12.5 Å². The number of aromatic nitrogens is 2. The molecule has 1 atom stereocenters. The van der Waals surface area contributed by atoms with Gasteiger partial charge in [-0.2, -0.15) is 0 Å². The first-order valence-electron chi connectivity index (χ1n) is 11.8. The number of benzene rings is 2. The minimum Gasteiger partial charge on any atom is -0.489 e. The Morgan fingerprint density at radius 3 is 2.65 bits per heavy atom. The second-order valence-electron chi connectivity index (χ2n) is 8.62. The molecule has 1 N–H and O–H groups in total. The van der Waals surface area contributed by atoms with Crippen LogP contribution in [0.1, 0.15) is 32.7 Å². The summed E-state index contributed by atoms with van der Waals surface area (Å²) in [6.07, 6.45) is 5.67. The first-order valence-corrected chi connectivity index (χ1v) is 11.8. The third-order valence-corrected chi connectivity index (χ3v) is 5.98. The molecule has 0 radical (unpaired) electrons. The average Bonchev–Trinajstić information content (AvgIpc) is 3.05. The topological polar surface area (TPSA) is 84.4 Å². The van der Waals surface area contributed by atoms with E-state index in [-0.39, 0.29) is 18.2 Å². The molecule has 7 nitrogen and oxygen atoms in total. The molecule has 5 rings (SSSR count). The lowest BCUT2D eigenvalue weighted by Crippen LogP contribution is -2.49. The van der Waals surface area contributed by atoms with Gasteiger partial charge in [-0.15, -0.1) is 0 Å². The van der Waals surface area contributed by atoms with Crippen molar-refractivity contribution in [3.63, 3.8) is 0 Å². The van der Waals surface area contributed by atoms with Gasteiger partial charge < -0.3 is 15.0 Å². The van der Waals surface area contributed by atoms with Crippen LogP contribution >= 0.6 is 0 Å². The lowest BCUT2D eigenvalue weighted by molar-refractivity contribution is -0.120. The van der Waals surface area contributed by atoms with Crippen LogP contribution in [0.5, 0.6) is 5.75 Å². The predicted octanol–water partition coefficient (Wildman–Crippen LogP) is 3.62. The molecule has 3 heterocycles. The molecule has 0 unspecified atom stereocenters. The van der Waals surface area contributed by atoms with Crippen LogP contribution in [0.15, 0.2) is 91.4 Å². The molecule has 0 fully saturated rings. The predicted molar refractivity (Wildman–Crippen MR) is 140 cm³/mol. The summed E-state index contributed by atoms with van der Waals surface area (Å²) in [6.45, 7) is 0.00628. The molecule has 0 saturated carbocycles. The fourth-order valence-corrected chi connectivity index (χ4v) is 4.03. The number of rotatable bonds is 4. The van der Waals surface area contributed by atoms with Crippen molar-refractivity contribution < 1.29 is 14.3 Å². The maximum Gasteiger partial charge on any atom is 0.270 e. The molecule has 2 aromatic heterocycles. The Hall–Kier alpha value is -4.96. The molecule has 0 saturated heterocycles. The van der Waals surface area contributed by atoms with Crippen LogP contribution in [0.25, 0.3) is 0 Å². The molecular formula is C30H24N4O3. The Kier molecular flexibility index (Phi) is 6.91. The van der Waals surface area contributed by atoms with E-state index < -0.39 is 11.9 Å². The van der Waals surface area contributed by atoms with Gasteiger partial charge >= 0.3 is 0 Å². The first-order chi connectivity index (χ1) is 18.1. The highest BCUT2D eigenvalue weighted by Gasteiger charge is 2.31. The lowest BCUT2D eigenvalue weighted by Gasteiger charge is -2.20. The van der Waals surface area contributed by atoms with E-state index in [1.807, 2.05) is 54.6 Å². The first kappa shape index (κ1) is 23.8. The summed E-state index contributed by atoms with van der Waals surface area (Å²) in [4.78, 5) is 36.0. The quantitative estimate of drug-likeness (QED) is 0.444. The van der Waals surface area contributed by atoms with Crippen LogP contribution in [0.2, 0.25) is 0 Å². The van der Waals surface area contributed by atoms with Crippen LogP contribution < -0.4 is 15.0 Å². The van der Waals surface area contributed by atoms with Crippen LogP contribution in [-0.2, 0) is 11.2 Å². The highest BCUT2D eigenvalue weighted by atomic mass is 16.5. The number of hydrogen-bond acceptors (Lipinski definition) is 5. The van der Waals surface area contributed by atoms with Crippen LogP contribution in [0, 0.1) is 11.8 Å². The van der Waals surface area contributed by atoms with E-state index in [2.05, 4.69) is 27.1 Å². The monoisotopic (exact) mass is 488 g/mol. The number of fused-ring (bicyclic) bond motifs is 1. The summed E-state index contributed by atoms with van der Waals surface area (Å²) in [5.74, 6) is 5.98. The third-order valence-electron chi connectivity index (χ3n) is 5.98. The molecule has 0 spiro atoms. The molecule has 2 aromatic carbocycles. The maximum absolute atomic E-state index is 13.2. The van der Waals surface area contributed by atoms with E-state index in [9.17, 15) is 9.59 Å². The molecular weight excluding hydrogens is 464 g/mol. The largest absolute Gasteiger partial charge is 0.489 e. The number of hydrogen-bond donors (Lipinski definition) is 1. The molecule has 1 aliphatic rings. The highest BCUT2D eigenvalue weighted by molar-refractivity contribution is 6.03. The Balaban J connectivity index is 1.30. The SMILES string of the molecule is CN1C(=O)[C@@H](NC(=O)c2cc(Cc3ccccc3)ccn2)COc2ccc(C#Cc3cccnc3)cc21. The second-order valence-corrected chi connectivity index (χ2v) is 8.62. The Labute approximate surface area is 215 Å². The summed E-state index contributed by atoms with van der Waals surface area (Å²) in [5.41, 5.74) is 4.45. The molecule has 7 heteroatoms. The Morgan fingerprint density at radius 1 is 1.00 bits per heavy atom. The molecule has 0 bridgehead atoms. The molecule has 182 valence electrons. The molecule has 37 heavy (non-hydrogen) atoms.